The molecule has 0 bridgehead atoms. The summed E-state index contributed by atoms with van der Waals surface area (Å²) >= 11 is 11.9. The van der Waals surface area contributed by atoms with E-state index in [2.05, 4.69) is 11.9 Å². The van der Waals surface area contributed by atoms with Crippen molar-refractivity contribution in [3.8, 4) is 0 Å². The summed E-state index contributed by atoms with van der Waals surface area (Å²) in [6.45, 7) is 9.56. The first-order chi connectivity index (χ1) is 8.69. The molecular formula is C14H17Cl2NO2. The maximum absolute atomic E-state index is 11.5. The van der Waals surface area contributed by atoms with Gasteiger partial charge >= 0.3 is 6.09 Å². The van der Waals surface area contributed by atoms with Crippen LogP contribution in [0.25, 0.3) is 5.57 Å². The van der Waals surface area contributed by atoms with E-state index in [1.165, 1.54) is 0 Å². The van der Waals surface area contributed by atoms with Crippen molar-refractivity contribution >= 4 is 34.9 Å². The quantitative estimate of drug-likeness (QED) is 0.890. The van der Waals surface area contributed by atoms with Crippen LogP contribution in [0.2, 0.25) is 10.0 Å². The van der Waals surface area contributed by atoms with Crippen LogP contribution < -0.4 is 5.32 Å². The topological polar surface area (TPSA) is 38.3 Å². The molecule has 0 saturated carbocycles. The molecule has 1 amide bonds. The Labute approximate surface area is 123 Å². The van der Waals surface area contributed by atoms with Crippen molar-refractivity contribution in [3.05, 3.63) is 40.4 Å². The molecule has 3 nitrogen and oxygen atoms in total. The Hall–Kier alpha value is -1.19. The number of alkyl carbamates (subject to hydrolysis) is 1. The molecule has 0 aliphatic rings. The first kappa shape index (κ1) is 15.9. The van der Waals surface area contributed by atoms with Crippen LogP contribution in [0.5, 0.6) is 0 Å². The molecule has 0 spiro atoms. The summed E-state index contributed by atoms with van der Waals surface area (Å²) in [5.41, 5.74) is 0.915. The summed E-state index contributed by atoms with van der Waals surface area (Å²) in [5, 5.41) is 3.69. The lowest BCUT2D eigenvalue weighted by Gasteiger charge is -2.20. The minimum Gasteiger partial charge on any atom is -0.444 e. The van der Waals surface area contributed by atoms with Gasteiger partial charge in [0.2, 0.25) is 0 Å². The van der Waals surface area contributed by atoms with E-state index in [1.807, 2.05) is 0 Å². The van der Waals surface area contributed by atoms with Gasteiger partial charge in [-0.05, 0) is 44.0 Å². The summed E-state index contributed by atoms with van der Waals surface area (Å²) in [4.78, 5) is 11.5. The van der Waals surface area contributed by atoms with Crippen molar-refractivity contribution in [3.63, 3.8) is 0 Å². The Morgan fingerprint density at radius 1 is 1.37 bits per heavy atom. The number of nitrogens with one attached hydrogen (secondary N) is 1. The Balaban J connectivity index is 2.59. The van der Waals surface area contributed by atoms with Crippen LogP contribution in [-0.2, 0) is 4.74 Å². The summed E-state index contributed by atoms with van der Waals surface area (Å²) in [7, 11) is 0. The van der Waals surface area contributed by atoms with Crippen molar-refractivity contribution in [1.29, 1.82) is 0 Å². The van der Waals surface area contributed by atoms with Crippen LogP contribution in [-0.4, -0.2) is 18.2 Å². The van der Waals surface area contributed by atoms with Crippen molar-refractivity contribution in [2.45, 2.75) is 26.4 Å². The summed E-state index contributed by atoms with van der Waals surface area (Å²) < 4.78 is 5.13. The van der Waals surface area contributed by atoms with Gasteiger partial charge < -0.3 is 10.1 Å². The van der Waals surface area contributed by atoms with Crippen LogP contribution >= 0.6 is 23.2 Å². The molecule has 1 aromatic rings. The van der Waals surface area contributed by atoms with Gasteiger partial charge in [0.1, 0.15) is 5.60 Å². The second-order valence-electron chi connectivity index (χ2n) is 5.08. The fraction of sp³-hybridized carbons (Fsp3) is 0.357. The standard InChI is InChI=1S/C14H17Cl2NO2/c1-9(8-17-13(18)19-14(2,3)4)11-6-5-10(15)7-12(11)16/h5-7H,1,8H2,2-4H3,(H,17,18). The predicted octanol–water partition coefficient (Wildman–Crippen LogP) is 4.53. The average Bonchev–Trinajstić information content (AvgIpc) is 2.23. The van der Waals surface area contributed by atoms with Crippen molar-refractivity contribution < 1.29 is 9.53 Å². The Bertz CT molecular complexity index is 493. The molecular weight excluding hydrogens is 285 g/mol. The van der Waals surface area contributed by atoms with Gasteiger partial charge in [0.05, 0.1) is 0 Å². The average molecular weight is 302 g/mol. The van der Waals surface area contributed by atoms with Gasteiger partial charge in [0, 0.05) is 16.6 Å². The Morgan fingerprint density at radius 3 is 2.53 bits per heavy atom. The molecule has 0 atom stereocenters. The molecule has 19 heavy (non-hydrogen) atoms. The monoisotopic (exact) mass is 301 g/mol. The lowest BCUT2D eigenvalue weighted by Crippen LogP contribution is -2.33. The van der Waals surface area contributed by atoms with Gasteiger partial charge in [0.25, 0.3) is 0 Å². The third kappa shape index (κ3) is 5.53. The summed E-state index contributed by atoms with van der Waals surface area (Å²) in [5.74, 6) is 0. The smallest absolute Gasteiger partial charge is 0.407 e. The number of carbonyl (C=O) groups is 1. The van der Waals surface area contributed by atoms with Crippen molar-refractivity contribution in [1.82, 2.24) is 5.32 Å². The minimum atomic E-state index is -0.524. The highest BCUT2D eigenvalue weighted by atomic mass is 35.5. The van der Waals surface area contributed by atoms with Gasteiger partial charge in [-0.25, -0.2) is 4.79 Å². The molecule has 0 fully saturated rings. The van der Waals surface area contributed by atoms with Gasteiger partial charge in [-0.2, -0.15) is 0 Å². The van der Waals surface area contributed by atoms with E-state index in [9.17, 15) is 4.79 Å². The number of hydrogen-bond acceptors (Lipinski definition) is 2. The molecule has 5 heteroatoms. The predicted molar refractivity (Wildman–Crippen MR) is 79.7 cm³/mol. The number of halogens is 2. The third-order valence-corrected chi connectivity index (χ3v) is 2.70. The molecule has 0 aromatic heterocycles. The molecule has 0 radical (unpaired) electrons. The zero-order valence-electron chi connectivity index (χ0n) is 11.2. The molecule has 0 unspecified atom stereocenters. The van der Waals surface area contributed by atoms with E-state index in [4.69, 9.17) is 27.9 Å². The van der Waals surface area contributed by atoms with E-state index in [1.54, 1.807) is 39.0 Å². The molecule has 0 aliphatic carbocycles. The fourth-order valence-corrected chi connectivity index (χ4v) is 1.91. The number of carbonyl (C=O) groups excluding carboxylic acids is 1. The number of ether oxygens (including phenoxy) is 1. The van der Waals surface area contributed by atoms with Crippen LogP contribution in [0, 0.1) is 0 Å². The van der Waals surface area contributed by atoms with E-state index in [-0.39, 0.29) is 6.54 Å². The molecule has 0 aliphatic heterocycles. The minimum absolute atomic E-state index is 0.260. The molecule has 0 saturated heterocycles. The molecule has 0 heterocycles. The van der Waals surface area contributed by atoms with Gasteiger partial charge in [-0.3, -0.25) is 0 Å². The van der Waals surface area contributed by atoms with E-state index in [0.717, 1.165) is 5.56 Å². The maximum Gasteiger partial charge on any atom is 0.407 e. The summed E-state index contributed by atoms with van der Waals surface area (Å²) in [6.07, 6.45) is -0.487. The first-order valence-electron chi connectivity index (χ1n) is 5.79. The molecule has 1 rings (SSSR count). The SMILES string of the molecule is C=C(CNC(=O)OC(C)(C)C)c1ccc(Cl)cc1Cl. The maximum atomic E-state index is 11.5. The number of hydrogen-bond donors (Lipinski definition) is 1. The highest BCUT2D eigenvalue weighted by Crippen LogP contribution is 2.25. The lowest BCUT2D eigenvalue weighted by atomic mass is 10.1. The summed E-state index contributed by atoms with van der Waals surface area (Å²) in [6, 6.07) is 5.13. The fourth-order valence-electron chi connectivity index (χ4n) is 1.36. The van der Waals surface area contributed by atoms with Crippen molar-refractivity contribution in [2.75, 3.05) is 6.54 Å². The van der Waals surface area contributed by atoms with Gasteiger partial charge in [0.15, 0.2) is 0 Å². The van der Waals surface area contributed by atoms with E-state index in [0.29, 0.717) is 15.6 Å². The highest BCUT2D eigenvalue weighted by Gasteiger charge is 2.16. The van der Waals surface area contributed by atoms with Crippen LogP contribution in [0.3, 0.4) is 0 Å². The second kappa shape index (κ2) is 6.31. The first-order valence-corrected chi connectivity index (χ1v) is 6.54. The van der Waals surface area contributed by atoms with Crippen LogP contribution in [0.15, 0.2) is 24.8 Å². The number of rotatable bonds is 3. The van der Waals surface area contributed by atoms with Crippen molar-refractivity contribution in [2.24, 2.45) is 0 Å². The third-order valence-electron chi connectivity index (χ3n) is 2.16. The number of amides is 1. The molecule has 1 N–H and O–H groups in total. The second-order valence-corrected chi connectivity index (χ2v) is 5.93. The lowest BCUT2D eigenvalue weighted by molar-refractivity contribution is 0.0535. The Kier molecular flexibility index (Phi) is 5.27. The van der Waals surface area contributed by atoms with Gasteiger partial charge in [-0.1, -0.05) is 35.8 Å². The highest BCUT2D eigenvalue weighted by molar-refractivity contribution is 6.35. The van der Waals surface area contributed by atoms with Crippen LogP contribution in [0.1, 0.15) is 26.3 Å². The molecule has 1 aromatic carbocycles. The zero-order valence-corrected chi connectivity index (χ0v) is 12.7. The molecule has 104 valence electrons. The van der Waals surface area contributed by atoms with Crippen LogP contribution in [0.4, 0.5) is 4.79 Å². The number of benzene rings is 1. The largest absolute Gasteiger partial charge is 0.444 e. The Morgan fingerprint density at radius 2 is 2.00 bits per heavy atom. The van der Waals surface area contributed by atoms with E-state index >= 15 is 0 Å². The van der Waals surface area contributed by atoms with Gasteiger partial charge in [-0.15, -0.1) is 0 Å². The van der Waals surface area contributed by atoms with E-state index < -0.39 is 11.7 Å². The normalized spacial score (nSPS) is 11.0. The zero-order chi connectivity index (χ0) is 14.6.